The van der Waals surface area contributed by atoms with E-state index < -0.39 is 21.7 Å². The summed E-state index contributed by atoms with van der Waals surface area (Å²) in [7, 11) is -3.68. The maximum Gasteiger partial charge on any atom is 0.286 e. The number of sulfonamides is 1. The van der Waals surface area contributed by atoms with Gasteiger partial charge in [0.15, 0.2) is 0 Å². The molecule has 0 unspecified atom stereocenters. The van der Waals surface area contributed by atoms with Gasteiger partial charge in [0.25, 0.3) is 5.91 Å². The predicted molar refractivity (Wildman–Crippen MR) is 94.7 cm³/mol. The molecule has 0 saturated carbocycles. The number of rotatable bonds is 6. The van der Waals surface area contributed by atoms with E-state index in [0.29, 0.717) is 5.01 Å². The summed E-state index contributed by atoms with van der Waals surface area (Å²) in [4.78, 5) is 12.2. The van der Waals surface area contributed by atoms with Crippen molar-refractivity contribution in [3.63, 3.8) is 0 Å². The zero-order valence-electron chi connectivity index (χ0n) is 13.2. The van der Waals surface area contributed by atoms with Gasteiger partial charge in [-0.25, -0.2) is 17.5 Å². The fourth-order valence-electron chi connectivity index (χ4n) is 1.99. The third-order valence-electron chi connectivity index (χ3n) is 3.25. The lowest BCUT2D eigenvalue weighted by molar-refractivity contribution is 0.102. The highest BCUT2D eigenvalue weighted by Gasteiger charge is 2.17. The average molecular weight is 392 g/mol. The van der Waals surface area contributed by atoms with Gasteiger partial charge in [-0.05, 0) is 24.3 Å². The van der Waals surface area contributed by atoms with Gasteiger partial charge in [-0.15, -0.1) is 10.2 Å². The largest absolute Gasteiger partial charge is 0.317 e. The number of aromatic nitrogens is 2. The second-order valence-electron chi connectivity index (χ2n) is 5.07. The molecular formula is C16H13FN4O3S2. The summed E-state index contributed by atoms with van der Waals surface area (Å²) in [6, 6.07) is 13.6. The van der Waals surface area contributed by atoms with Gasteiger partial charge in [0.2, 0.25) is 15.0 Å². The van der Waals surface area contributed by atoms with Crippen LogP contribution < -0.4 is 10.0 Å². The van der Waals surface area contributed by atoms with Gasteiger partial charge >= 0.3 is 0 Å². The highest BCUT2D eigenvalue weighted by molar-refractivity contribution is 7.89. The maximum atomic E-state index is 13.6. The molecule has 134 valence electrons. The molecule has 0 aliphatic heterocycles. The highest BCUT2D eigenvalue weighted by atomic mass is 32.2. The molecule has 0 aliphatic rings. The quantitative estimate of drug-likeness (QED) is 0.671. The molecule has 3 aromatic rings. The Morgan fingerprint density at radius 2 is 1.73 bits per heavy atom. The zero-order chi connectivity index (χ0) is 18.6. The Morgan fingerprint density at radius 3 is 2.46 bits per heavy atom. The van der Waals surface area contributed by atoms with Crippen LogP contribution in [0.2, 0.25) is 0 Å². The number of para-hydroxylation sites is 1. The number of amides is 1. The number of hydrogen-bond acceptors (Lipinski definition) is 6. The summed E-state index contributed by atoms with van der Waals surface area (Å²) < 4.78 is 40.2. The Hall–Kier alpha value is -2.69. The molecule has 2 N–H and O–H groups in total. The first-order valence-corrected chi connectivity index (χ1v) is 9.68. The van der Waals surface area contributed by atoms with Crippen molar-refractivity contribution in [1.82, 2.24) is 14.9 Å². The average Bonchev–Trinajstić information content (AvgIpc) is 3.12. The first kappa shape index (κ1) is 18.1. The molecule has 1 heterocycles. The molecule has 26 heavy (non-hydrogen) atoms. The van der Waals surface area contributed by atoms with Crippen LogP contribution in [0.5, 0.6) is 0 Å². The van der Waals surface area contributed by atoms with Gasteiger partial charge in [0.05, 0.1) is 17.1 Å². The van der Waals surface area contributed by atoms with E-state index in [2.05, 4.69) is 20.2 Å². The van der Waals surface area contributed by atoms with E-state index in [9.17, 15) is 17.6 Å². The van der Waals surface area contributed by atoms with E-state index >= 15 is 0 Å². The van der Waals surface area contributed by atoms with Gasteiger partial charge in [0, 0.05) is 0 Å². The molecular weight excluding hydrogens is 379 g/mol. The Bertz CT molecular complexity index is 1020. The summed E-state index contributed by atoms with van der Waals surface area (Å²) in [6.45, 7) is -0.109. The van der Waals surface area contributed by atoms with Crippen LogP contribution in [0.25, 0.3) is 0 Å². The van der Waals surface area contributed by atoms with Crippen LogP contribution in [0.1, 0.15) is 14.8 Å². The van der Waals surface area contributed by atoms with Crippen LogP contribution in [0.3, 0.4) is 0 Å². The maximum absolute atomic E-state index is 13.6. The van der Waals surface area contributed by atoms with E-state index in [0.717, 1.165) is 11.3 Å². The second-order valence-corrected chi connectivity index (χ2v) is 7.90. The van der Waals surface area contributed by atoms with Crippen molar-refractivity contribution in [2.45, 2.75) is 11.4 Å². The number of anilines is 1. The standard InChI is InChI=1S/C16H13FN4O3S2/c17-12-8-4-5-9-13(12)19-15(22)16-21-20-14(25-16)10-18-26(23,24)11-6-2-1-3-7-11/h1-9,18H,10H2,(H,19,22). The molecule has 3 rings (SSSR count). The third-order valence-corrected chi connectivity index (χ3v) is 5.59. The first-order chi connectivity index (χ1) is 12.5. The number of benzene rings is 2. The van der Waals surface area contributed by atoms with Crippen LogP contribution in [0.15, 0.2) is 59.5 Å². The zero-order valence-corrected chi connectivity index (χ0v) is 14.8. The lowest BCUT2D eigenvalue weighted by Crippen LogP contribution is -2.23. The van der Waals surface area contributed by atoms with E-state index in [1.54, 1.807) is 24.3 Å². The first-order valence-electron chi connectivity index (χ1n) is 7.39. The third kappa shape index (κ3) is 4.28. The second kappa shape index (κ2) is 7.68. The molecule has 0 radical (unpaired) electrons. The van der Waals surface area contributed by atoms with Crippen molar-refractivity contribution in [2.24, 2.45) is 0 Å². The highest BCUT2D eigenvalue weighted by Crippen LogP contribution is 2.16. The van der Waals surface area contributed by atoms with Gasteiger partial charge in [-0.1, -0.05) is 41.7 Å². The summed E-state index contributed by atoms with van der Waals surface area (Å²) in [5, 5.41) is 10.2. The fraction of sp³-hybridized carbons (Fsp3) is 0.0625. The van der Waals surface area contributed by atoms with E-state index in [4.69, 9.17) is 0 Å². The molecule has 1 aromatic heterocycles. The predicted octanol–water partition coefficient (Wildman–Crippen LogP) is 2.41. The molecule has 0 spiro atoms. The lowest BCUT2D eigenvalue weighted by Gasteiger charge is -2.04. The Kier molecular flexibility index (Phi) is 5.35. The van der Waals surface area contributed by atoms with Crippen LogP contribution in [0, 0.1) is 5.82 Å². The van der Waals surface area contributed by atoms with E-state index in [1.165, 1.54) is 30.3 Å². The molecule has 0 saturated heterocycles. The minimum absolute atomic E-state index is 0.00200. The van der Waals surface area contributed by atoms with Crippen molar-refractivity contribution in [3.05, 3.63) is 70.4 Å². The summed E-state index contributed by atoms with van der Waals surface area (Å²) in [6.07, 6.45) is 0. The van der Waals surface area contributed by atoms with Crippen LogP contribution in [0.4, 0.5) is 10.1 Å². The number of hydrogen-bond donors (Lipinski definition) is 2. The Morgan fingerprint density at radius 1 is 1.04 bits per heavy atom. The number of carbonyl (C=O) groups excluding carboxylic acids is 1. The van der Waals surface area contributed by atoms with Crippen LogP contribution in [-0.4, -0.2) is 24.5 Å². The number of halogens is 1. The molecule has 0 aliphatic carbocycles. The van der Waals surface area contributed by atoms with Crippen molar-refractivity contribution >= 4 is 33.0 Å². The topological polar surface area (TPSA) is 101 Å². The van der Waals surface area contributed by atoms with Crippen molar-refractivity contribution in [2.75, 3.05) is 5.32 Å². The van der Waals surface area contributed by atoms with E-state index in [1.807, 2.05) is 0 Å². The number of nitrogens with zero attached hydrogens (tertiary/aromatic N) is 2. The Labute approximate surface area is 153 Å². The normalized spacial score (nSPS) is 11.3. The molecule has 2 aromatic carbocycles. The fourth-order valence-corrected chi connectivity index (χ4v) is 3.77. The van der Waals surface area contributed by atoms with Crippen molar-refractivity contribution in [1.29, 1.82) is 0 Å². The molecule has 0 bridgehead atoms. The SMILES string of the molecule is O=C(Nc1ccccc1F)c1nnc(CNS(=O)(=O)c2ccccc2)s1. The van der Waals surface area contributed by atoms with Gasteiger partial charge in [-0.3, -0.25) is 4.79 Å². The molecule has 10 heteroatoms. The number of carbonyl (C=O) groups is 1. The minimum atomic E-state index is -3.68. The molecule has 7 nitrogen and oxygen atoms in total. The summed E-state index contributed by atoms with van der Waals surface area (Å²) in [5.41, 5.74) is 0.0269. The summed E-state index contributed by atoms with van der Waals surface area (Å²) >= 11 is 0.918. The summed E-state index contributed by atoms with van der Waals surface area (Å²) in [5.74, 6) is -1.19. The lowest BCUT2D eigenvalue weighted by atomic mass is 10.3. The van der Waals surface area contributed by atoms with Crippen molar-refractivity contribution in [3.8, 4) is 0 Å². The number of nitrogens with one attached hydrogen (secondary N) is 2. The van der Waals surface area contributed by atoms with Crippen LogP contribution in [-0.2, 0) is 16.6 Å². The van der Waals surface area contributed by atoms with Crippen LogP contribution >= 0.6 is 11.3 Å². The minimum Gasteiger partial charge on any atom is -0.317 e. The molecule has 1 amide bonds. The van der Waals surface area contributed by atoms with E-state index in [-0.39, 0.29) is 22.1 Å². The monoisotopic (exact) mass is 392 g/mol. The van der Waals surface area contributed by atoms with Gasteiger partial charge in [0.1, 0.15) is 10.8 Å². The smallest absolute Gasteiger partial charge is 0.286 e. The van der Waals surface area contributed by atoms with Crippen molar-refractivity contribution < 1.29 is 17.6 Å². The molecule has 0 fully saturated rings. The van der Waals surface area contributed by atoms with Gasteiger partial charge < -0.3 is 5.32 Å². The Balaban J connectivity index is 1.65. The van der Waals surface area contributed by atoms with Gasteiger partial charge in [-0.2, -0.15) is 0 Å². The molecule has 0 atom stereocenters.